The zero-order valence-corrected chi connectivity index (χ0v) is 13.5. The van der Waals surface area contributed by atoms with Crippen molar-refractivity contribution < 1.29 is 14.3 Å². The van der Waals surface area contributed by atoms with Crippen molar-refractivity contribution in [2.45, 2.75) is 44.8 Å². The number of unbranched alkanes of at least 4 members (excludes halogenated alkanes) is 1. The van der Waals surface area contributed by atoms with Crippen LogP contribution < -0.4 is 15.8 Å². The molecule has 1 unspecified atom stereocenters. The largest absolute Gasteiger partial charge is 0.458 e. The first kappa shape index (κ1) is 15.7. The number of rotatable bonds is 4. The summed E-state index contributed by atoms with van der Waals surface area (Å²) in [6.45, 7) is 5.05. The van der Waals surface area contributed by atoms with Gasteiger partial charge in [-0.3, -0.25) is 14.5 Å². The van der Waals surface area contributed by atoms with E-state index in [0.29, 0.717) is 18.1 Å². The molecule has 23 heavy (non-hydrogen) atoms. The van der Waals surface area contributed by atoms with Gasteiger partial charge < -0.3 is 15.8 Å². The van der Waals surface area contributed by atoms with Gasteiger partial charge in [-0.25, -0.2) is 4.98 Å². The van der Waals surface area contributed by atoms with E-state index in [1.165, 1.54) is 0 Å². The van der Waals surface area contributed by atoms with Gasteiger partial charge in [0.15, 0.2) is 0 Å². The third kappa shape index (κ3) is 2.76. The molecule has 7 nitrogen and oxygen atoms in total. The number of likely N-dealkylation sites (tertiary alicyclic amines) is 1. The van der Waals surface area contributed by atoms with Crippen LogP contribution in [-0.4, -0.2) is 46.4 Å². The number of pyridine rings is 1. The van der Waals surface area contributed by atoms with Crippen LogP contribution in [0.5, 0.6) is 5.88 Å². The number of aryl methyl sites for hydroxylation is 1. The van der Waals surface area contributed by atoms with Crippen molar-refractivity contribution in [2.24, 2.45) is 5.73 Å². The molecule has 3 rings (SSSR count). The number of carbonyl (C=O) groups is 2. The lowest BCUT2D eigenvalue weighted by atomic mass is 9.97. The number of ether oxygens (including phenoxy) is 1. The van der Waals surface area contributed by atoms with E-state index < -0.39 is 17.6 Å². The van der Waals surface area contributed by atoms with Gasteiger partial charge in [0.1, 0.15) is 5.69 Å². The molecule has 1 spiro atoms. The minimum atomic E-state index is -1.09. The monoisotopic (exact) mass is 318 g/mol. The molecule has 2 amide bonds. The second kappa shape index (κ2) is 5.81. The number of primary amides is 1. The highest BCUT2D eigenvalue weighted by Gasteiger charge is 2.55. The Labute approximate surface area is 135 Å². The molecule has 2 aliphatic rings. The first-order chi connectivity index (χ1) is 10.9. The van der Waals surface area contributed by atoms with Crippen LogP contribution in [0.4, 0.5) is 5.69 Å². The summed E-state index contributed by atoms with van der Waals surface area (Å²) < 4.78 is 5.97. The number of amides is 2. The van der Waals surface area contributed by atoms with Gasteiger partial charge in [0.2, 0.25) is 17.4 Å². The lowest BCUT2D eigenvalue weighted by molar-refractivity contribution is -0.131. The number of carbonyl (C=O) groups excluding carboxylic acids is 2. The molecule has 3 N–H and O–H groups in total. The lowest BCUT2D eigenvalue weighted by Crippen LogP contribution is -2.53. The van der Waals surface area contributed by atoms with Gasteiger partial charge in [0.05, 0.1) is 6.04 Å². The second-order valence-corrected chi connectivity index (χ2v) is 6.36. The van der Waals surface area contributed by atoms with Crippen molar-refractivity contribution in [2.75, 3.05) is 18.4 Å². The SMILES string of the molecule is CCCCN1CC2(C[C@H]1C(N)=O)Oc1ncc(C)cc1NC2=O. The maximum Gasteiger partial charge on any atom is 0.270 e. The Kier molecular flexibility index (Phi) is 3.97. The van der Waals surface area contributed by atoms with E-state index in [2.05, 4.69) is 17.2 Å². The summed E-state index contributed by atoms with van der Waals surface area (Å²) in [4.78, 5) is 30.6. The van der Waals surface area contributed by atoms with Gasteiger partial charge in [-0.1, -0.05) is 13.3 Å². The highest BCUT2D eigenvalue weighted by Crippen LogP contribution is 2.39. The predicted octanol–water partition coefficient (Wildman–Crippen LogP) is 0.819. The van der Waals surface area contributed by atoms with Gasteiger partial charge in [-0.2, -0.15) is 0 Å². The highest BCUT2D eigenvalue weighted by atomic mass is 16.5. The van der Waals surface area contributed by atoms with Crippen LogP contribution in [-0.2, 0) is 9.59 Å². The first-order valence-corrected chi connectivity index (χ1v) is 7.95. The fourth-order valence-electron chi connectivity index (χ4n) is 3.25. The zero-order valence-electron chi connectivity index (χ0n) is 13.5. The number of nitrogens with zero attached hydrogens (tertiary/aromatic N) is 2. The number of nitrogens with one attached hydrogen (secondary N) is 1. The summed E-state index contributed by atoms with van der Waals surface area (Å²) in [5, 5.41) is 2.86. The normalized spacial score (nSPS) is 26.7. The molecule has 2 atom stereocenters. The smallest absolute Gasteiger partial charge is 0.270 e. The lowest BCUT2D eigenvalue weighted by Gasteiger charge is -2.33. The molecule has 7 heteroatoms. The van der Waals surface area contributed by atoms with Crippen LogP contribution in [0.1, 0.15) is 31.7 Å². The Bertz CT molecular complexity index is 648. The molecular weight excluding hydrogens is 296 g/mol. The summed E-state index contributed by atoms with van der Waals surface area (Å²) >= 11 is 0. The summed E-state index contributed by atoms with van der Waals surface area (Å²) in [6.07, 6.45) is 3.90. The fourth-order valence-corrected chi connectivity index (χ4v) is 3.25. The molecule has 1 saturated heterocycles. The molecule has 0 aliphatic carbocycles. The summed E-state index contributed by atoms with van der Waals surface area (Å²) in [5.74, 6) is -0.254. The minimum Gasteiger partial charge on any atom is -0.458 e. The van der Waals surface area contributed by atoms with Crippen molar-refractivity contribution in [3.8, 4) is 5.88 Å². The second-order valence-electron chi connectivity index (χ2n) is 6.36. The molecule has 0 radical (unpaired) electrons. The number of fused-ring (bicyclic) bond motifs is 1. The Morgan fingerprint density at radius 1 is 1.61 bits per heavy atom. The third-order valence-corrected chi connectivity index (χ3v) is 4.49. The summed E-state index contributed by atoms with van der Waals surface area (Å²) in [7, 11) is 0. The van der Waals surface area contributed by atoms with Crippen LogP contribution in [0.15, 0.2) is 12.3 Å². The predicted molar refractivity (Wildman–Crippen MR) is 85.0 cm³/mol. The molecule has 1 aromatic heterocycles. The molecule has 0 aromatic carbocycles. The molecule has 3 heterocycles. The van der Waals surface area contributed by atoms with Crippen LogP contribution in [0.25, 0.3) is 0 Å². The van der Waals surface area contributed by atoms with E-state index in [-0.39, 0.29) is 12.3 Å². The number of nitrogens with two attached hydrogens (primary N) is 1. The van der Waals surface area contributed by atoms with Gasteiger partial charge in [-0.15, -0.1) is 0 Å². The van der Waals surface area contributed by atoms with Crippen molar-refractivity contribution in [3.63, 3.8) is 0 Å². The van der Waals surface area contributed by atoms with Crippen LogP contribution in [0, 0.1) is 6.92 Å². The number of aromatic nitrogens is 1. The number of anilines is 1. The van der Waals surface area contributed by atoms with Gasteiger partial charge in [0, 0.05) is 19.2 Å². The zero-order chi connectivity index (χ0) is 16.6. The topological polar surface area (TPSA) is 97.6 Å². The Morgan fingerprint density at radius 2 is 2.39 bits per heavy atom. The van der Waals surface area contributed by atoms with E-state index in [0.717, 1.165) is 24.9 Å². The van der Waals surface area contributed by atoms with Crippen LogP contribution in [0.2, 0.25) is 0 Å². The molecule has 1 fully saturated rings. The highest BCUT2D eigenvalue weighted by molar-refractivity contribution is 6.01. The maximum atomic E-state index is 12.6. The average Bonchev–Trinajstić information content (AvgIpc) is 2.87. The van der Waals surface area contributed by atoms with Gasteiger partial charge in [0.25, 0.3) is 5.91 Å². The standard InChI is InChI=1S/C16H22N4O3/c1-3-4-5-20-9-16(7-12(20)13(17)21)15(22)19-11-6-10(2)8-18-14(11)23-16/h6,8,12H,3-5,7,9H2,1-2H3,(H2,17,21)(H,19,22)/t12-,16?/m0/s1. The maximum absolute atomic E-state index is 12.6. The average molecular weight is 318 g/mol. The molecule has 2 aliphatic heterocycles. The quantitative estimate of drug-likeness (QED) is 0.856. The molecule has 0 saturated carbocycles. The van der Waals surface area contributed by atoms with Crippen LogP contribution in [0.3, 0.4) is 0 Å². The van der Waals surface area contributed by atoms with Crippen LogP contribution >= 0.6 is 0 Å². The molecule has 0 bridgehead atoms. The van der Waals surface area contributed by atoms with E-state index in [9.17, 15) is 9.59 Å². The van der Waals surface area contributed by atoms with E-state index >= 15 is 0 Å². The van der Waals surface area contributed by atoms with Crippen molar-refractivity contribution in [3.05, 3.63) is 17.8 Å². The Morgan fingerprint density at radius 3 is 3.09 bits per heavy atom. The van der Waals surface area contributed by atoms with E-state index in [1.54, 1.807) is 6.20 Å². The van der Waals surface area contributed by atoms with Crippen molar-refractivity contribution in [1.82, 2.24) is 9.88 Å². The molecular formula is C16H22N4O3. The van der Waals surface area contributed by atoms with E-state index in [4.69, 9.17) is 10.5 Å². The van der Waals surface area contributed by atoms with Crippen molar-refractivity contribution in [1.29, 1.82) is 0 Å². The van der Waals surface area contributed by atoms with Crippen molar-refractivity contribution >= 4 is 17.5 Å². The van der Waals surface area contributed by atoms with Gasteiger partial charge in [-0.05, 0) is 31.5 Å². The third-order valence-electron chi connectivity index (χ3n) is 4.49. The first-order valence-electron chi connectivity index (χ1n) is 7.95. The number of hydrogen-bond donors (Lipinski definition) is 2. The fraction of sp³-hybridized carbons (Fsp3) is 0.562. The van der Waals surface area contributed by atoms with E-state index in [1.807, 2.05) is 17.9 Å². The number of hydrogen-bond acceptors (Lipinski definition) is 5. The Balaban J connectivity index is 1.88. The van der Waals surface area contributed by atoms with Gasteiger partial charge >= 0.3 is 0 Å². The summed E-state index contributed by atoms with van der Waals surface area (Å²) in [6, 6.07) is 1.34. The Hall–Kier alpha value is -2.15. The molecule has 124 valence electrons. The molecule has 1 aromatic rings. The minimum absolute atomic E-state index is 0.234. The summed E-state index contributed by atoms with van der Waals surface area (Å²) in [5.41, 5.74) is 5.94.